The number of aliphatic carboxylic acids is 1. The van der Waals surface area contributed by atoms with E-state index >= 15 is 0 Å². The van der Waals surface area contributed by atoms with Crippen LogP contribution in [0.5, 0.6) is 0 Å². The predicted octanol–water partition coefficient (Wildman–Crippen LogP) is 4.94. The zero-order valence-electron chi connectivity index (χ0n) is 43.2. The fourth-order valence-electron chi connectivity index (χ4n) is 8.78. The van der Waals surface area contributed by atoms with Gasteiger partial charge in [-0.3, -0.25) is 37.3 Å². The molecule has 7 unspecified atom stereocenters. The second-order valence-electron chi connectivity index (χ2n) is 20.9. The third-order valence-corrected chi connectivity index (χ3v) is 16.8. The van der Waals surface area contributed by atoms with Crippen LogP contribution >= 0.6 is 23.5 Å². The minimum absolute atomic E-state index is 0.0276. The van der Waals surface area contributed by atoms with Crippen LogP contribution in [0.25, 0.3) is 11.2 Å². The first-order chi connectivity index (χ1) is 35.5. The first-order valence-corrected chi connectivity index (χ1v) is 29.8. The molecule has 1 saturated heterocycles. The first kappa shape index (κ1) is 62.7. The maximum Gasteiger partial charge on any atom is 0.481 e. The number of amides is 2. The number of benzene rings is 1. The summed E-state index contributed by atoms with van der Waals surface area (Å²) in [7, 11) is -16.5. The maximum atomic E-state index is 13.1. The Balaban J connectivity index is 0.938. The lowest BCUT2D eigenvalue weighted by Crippen LogP contribution is -2.46. The topological polar surface area (TPSA) is 401 Å². The second kappa shape index (κ2) is 27.2. The molecule has 1 aliphatic heterocycles. The van der Waals surface area contributed by atoms with Gasteiger partial charge in [-0.15, -0.1) is 0 Å². The molecular formula is C47H74N7O19P3. The Labute approximate surface area is 440 Å². The molecule has 1 saturated carbocycles. The number of ether oxygens (including phenoxy) is 1. The lowest BCUT2D eigenvalue weighted by Gasteiger charge is -2.30. The zero-order chi connectivity index (χ0) is 56.1. The summed E-state index contributed by atoms with van der Waals surface area (Å²) in [5, 5.41) is 36.0. The number of Topliss-reactive ketones (excluding diaryl/α,β-unsaturated/α-hetero) is 1. The number of ketones is 1. The number of unbranched alkanes of at least 4 members (excludes halogenated alkanes) is 6. The average Bonchev–Trinajstić information content (AvgIpc) is 3.91. The number of aromatic nitrogens is 4. The summed E-state index contributed by atoms with van der Waals surface area (Å²) in [5.74, 6) is -2.11. The largest absolute Gasteiger partial charge is 0.481 e. The molecule has 0 bridgehead atoms. The van der Waals surface area contributed by atoms with Crippen molar-refractivity contribution >= 4 is 64.0 Å². The molecule has 0 radical (unpaired) electrons. The van der Waals surface area contributed by atoms with Crippen LogP contribution in [0.4, 0.5) is 5.82 Å². The number of carbonyl (C=O) groups excluding carboxylic acids is 3. The fourth-order valence-corrected chi connectivity index (χ4v) is 11.6. The van der Waals surface area contributed by atoms with Crippen molar-refractivity contribution in [3.63, 3.8) is 0 Å². The van der Waals surface area contributed by atoms with Crippen molar-refractivity contribution in [2.75, 3.05) is 32.0 Å². The molecule has 1 aliphatic carbocycles. The van der Waals surface area contributed by atoms with E-state index < -0.39 is 95.9 Å². The van der Waals surface area contributed by atoms with E-state index in [1.54, 1.807) is 13.8 Å². The molecule has 2 amide bonds. The molecule has 5 rings (SSSR count). The SMILES string of the molecule is CC(C)(CCCCCCc1cccc(CCCCCCC2(C(=O)CCNC(=O)CCNC(=O)C(O)C(C)(C)COP(=O)(O)OP(=O)(O)OCC3OC(n4cnc5c(N)ncnc54)C(O)C3OP(=O)(O)O)CC2)c1)C(=O)O. The van der Waals surface area contributed by atoms with Crippen molar-refractivity contribution in [3.8, 4) is 0 Å². The van der Waals surface area contributed by atoms with E-state index in [0.717, 1.165) is 101 Å². The van der Waals surface area contributed by atoms with Gasteiger partial charge in [0.2, 0.25) is 11.8 Å². The van der Waals surface area contributed by atoms with Crippen molar-refractivity contribution < 1.29 is 90.4 Å². The molecule has 7 atom stereocenters. The Hall–Kier alpha value is -4.10. The van der Waals surface area contributed by atoms with Gasteiger partial charge in [-0.25, -0.2) is 28.6 Å². The van der Waals surface area contributed by atoms with Gasteiger partial charge in [0, 0.05) is 36.8 Å². The molecule has 2 aliphatic rings. The van der Waals surface area contributed by atoms with E-state index in [-0.39, 0.29) is 54.1 Å². The highest BCUT2D eigenvalue weighted by Crippen LogP contribution is 2.61. The Morgan fingerprint density at radius 1 is 0.868 bits per heavy atom. The first-order valence-electron chi connectivity index (χ1n) is 25.3. The number of nitrogens with two attached hydrogens (primary N) is 1. The number of aryl methyl sites for hydroxylation is 2. The molecule has 0 spiro atoms. The number of rotatable bonds is 35. The van der Waals surface area contributed by atoms with Crippen LogP contribution < -0.4 is 16.4 Å². The van der Waals surface area contributed by atoms with Crippen LogP contribution in [0.15, 0.2) is 36.9 Å². The summed E-state index contributed by atoms with van der Waals surface area (Å²) in [6.45, 7) is 3.94. The quantitative estimate of drug-likeness (QED) is 0.0275. The number of carboxylic acids is 1. The molecule has 76 heavy (non-hydrogen) atoms. The van der Waals surface area contributed by atoms with E-state index in [1.165, 1.54) is 25.0 Å². The number of hydrogen-bond donors (Lipinski definition) is 10. The number of nitrogen functional groups attached to an aromatic ring is 1. The Bertz CT molecular complexity index is 2610. The number of phosphoric acid groups is 3. The summed E-state index contributed by atoms with van der Waals surface area (Å²) in [4.78, 5) is 101. The third kappa shape index (κ3) is 19.1. The number of phosphoric ester groups is 3. The van der Waals surface area contributed by atoms with E-state index in [0.29, 0.717) is 6.42 Å². The molecule has 11 N–H and O–H groups in total. The van der Waals surface area contributed by atoms with Gasteiger partial charge in [-0.2, -0.15) is 4.31 Å². The number of nitrogens with zero attached hydrogens (tertiary/aromatic N) is 4. The molecule has 3 aromatic rings. The summed E-state index contributed by atoms with van der Waals surface area (Å²) in [5.41, 5.74) is 5.89. The van der Waals surface area contributed by atoms with Gasteiger partial charge in [-0.1, -0.05) is 76.6 Å². The van der Waals surface area contributed by atoms with Gasteiger partial charge in [-0.05, 0) is 76.3 Å². The molecule has 29 heteroatoms. The fraction of sp³-hybridized carbons (Fsp3) is 0.681. The summed E-state index contributed by atoms with van der Waals surface area (Å²) in [6.07, 6.45) is 6.51. The Morgan fingerprint density at radius 3 is 2.12 bits per heavy atom. The maximum absolute atomic E-state index is 13.1. The number of aliphatic hydroxyl groups excluding tert-OH is 2. The van der Waals surface area contributed by atoms with Crippen molar-refractivity contribution in [1.29, 1.82) is 0 Å². The van der Waals surface area contributed by atoms with Gasteiger partial charge in [0.15, 0.2) is 17.7 Å². The smallest absolute Gasteiger partial charge is 0.481 e. The van der Waals surface area contributed by atoms with Crippen LogP contribution in [0, 0.1) is 16.2 Å². The normalized spacial score (nSPS) is 20.7. The lowest BCUT2D eigenvalue weighted by atomic mass is 9.87. The monoisotopic (exact) mass is 1130 g/mol. The van der Waals surface area contributed by atoms with Gasteiger partial charge in [0.1, 0.15) is 42.0 Å². The zero-order valence-corrected chi connectivity index (χ0v) is 45.9. The predicted molar refractivity (Wildman–Crippen MR) is 272 cm³/mol. The molecule has 2 aromatic heterocycles. The van der Waals surface area contributed by atoms with Crippen molar-refractivity contribution in [1.82, 2.24) is 30.2 Å². The number of aliphatic hydroxyl groups is 2. The highest BCUT2D eigenvalue weighted by atomic mass is 31.3. The minimum Gasteiger partial charge on any atom is -0.481 e. The molecular weight excluding hydrogens is 1060 g/mol. The van der Waals surface area contributed by atoms with Crippen molar-refractivity contribution in [3.05, 3.63) is 48.0 Å². The van der Waals surface area contributed by atoms with Crippen LogP contribution in [0.2, 0.25) is 0 Å². The van der Waals surface area contributed by atoms with E-state index in [4.69, 9.17) is 19.5 Å². The van der Waals surface area contributed by atoms with Crippen molar-refractivity contribution in [2.24, 2.45) is 16.2 Å². The van der Waals surface area contributed by atoms with Crippen molar-refractivity contribution in [2.45, 2.75) is 161 Å². The number of carbonyl (C=O) groups is 4. The summed E-state index contributed by atoms with van der Waals surface area (Å²) < 4.78 is 62.7. The molecule has 3 heterocycles. The number of imidazole rings is 1. The highest BCUT2D eigenvalue weighted by Gasteiger charge is 2.51. The van der Waals surface area contributed by atoms with Gasteiger partial charge >= 0.3 is 29.4 Å². The van der Waals surface area contributed by atoms with E-state index in [1.807, 2.05) is 0 Å². The van der Waals surface area contributed by atoms with Crippen LogP contribution in [0.1, 0.15) is 135 Å². The Kier molecular flexibility index (Phi) is 22.4. The van der Waals surface area contributed by atoms with Crippen LogP contribution in [-0.4, -0.2) is 129 Å². The number of nitrogens with one attached hydrogen (secondary N) is 2. The second-order valence-corrected chi connectivity index (χ2v) is 25.1. The molecule has 426 valence electrons. The number of carboxylic acid groups (broad SMARTS) is 1. The molecule has 1 aromatic carbocycles. The van der Waals surface area contributed by atoms with E-state index in [9.17, 15) is 67.8 Å². The average molecular weight is 1130 g/mol. The minimum atomic E-state index is -5.60. The van der Waals surface area contributed by atoms with Gasteiger partial charge in [0.25, 0.3) is 0 Å². The molecule has 26 nitrogen and oxygen atoms in total. The van der Waals surface area contributed by atoms with Crippen LogP contribution in [-0.2, 0) is 68.3 Å². The summed E-state index contributed by atoms with van der Waals surface area (Å²) >= 11 is 0. The van der Waals surface area contributed by atoms with Crippen LogP contribution in [0.3, 0.4) is 0 Å². The lowest BCUT2D eigenvalue weighted by molar-refractivity contribution is -0.147. The number of hydrogen-bond acceptors (Lipinski definition) is 18. The standard InChI is InChI=1S/C47H74N7O19P3/c1-45(2,44(60)61)20-11-7-5-9-14-31-16-13-17-32(26-31)15-10-6-8-12-21-47(22-23-47)34(55)18-24-49-35(56)19-25-50-42(59)39(58)46(3,4)28-70-76(67,68)73-75(65,66)69-27-33-38(72-74(62,63)64)37(57)43(71-33)54-30-53-36-40(48)51-29-52-41(36)54/h13,16-17,26,29-30,33,37-39,43,57-58H,5-12,14-15,18-25,27-28H2,1-4H3,(H,49,56)(H,50,59)(H,60,61)(H,65,66)(H,67,68)(H2,48,51,52)(H2,62,63,64). The van der Waals surface area contributed by atoms with Gasteiger partial charge < -0.3 is 56.0 Å². The number of anilines is 1. The molecule has 2 fully saturated rings. The summed E-state index contributed by atoms with van der Waals surface area (Å²) in [6, 6.07) is 8.71. The van der Waals surface area contributed by atoms with E-state index in [2.05, 4.69) is 58.7 Å². The Morgan fingerprint density at radius 2 is 1.49 bits per heavy atom. The highest BCUT2D eigenvalue weighted by molar-refractivity contribution is 7.61. The van der Waals surface area contributed by atoms with Gasteiger partial charge in [0.05, 0.1) is 25.0 Å². The third-order valence-electron chi connectivity index (χ3n) is 13.7. The number of fused-ring (bicyclic) bond motifs is 1.